The molecule has 0 spiro atoms. The third-order valence-corrected chi connectivity index (χ3v) is 2.10. The number of rotatable bonds is 4. The molecule has 0 aromatic rings. The molecule has 0 saturated carbocycles. The van der Waals surface area contributed by atoms with Gasteiger partial charge in [0, 0.05) is 0 Å². The molecule has 0 saturated heterocycles. The van der Waals surface area contributed by atoms with Crippen molar-refractivity contribution in [1.29, 1.82) is 0 Å². The molecule has 0 bridgehead atoms. The van der Waals surface area contributed by atoms with Crippen molar-refractivity contribution in [2.75, 3.05) is 0 Å². The Labute approximate surface area is 66.2 Å². The van der Waals surface area contributed by atoms with Crippen LogP contribution in [0.2, 0.25) is 0 Å². The summed E-state index contributed by atoms with van der Waals surface area (Å²) in [4.78, 5) is 0. The van der Waals surface area contributed by atoms with Gasteiger partial charge in [0.05, 0.1) is 0 Å². The van der Waals surface area contributed by atoms with Gasteiger partial charge >= 0.3 is 27.4 Å². The summed E-state index contributed by atoms with van der Waals surface area (Å²) in [6, 6.07) is 0. The van der Waals surface area contributed by atoms with E-state index in [1.807, 2.05) is 0 Å². The molecular formula is CH2F2O7S2. The Bertz CT molecular complexity index is 324. The lowest BCUT2D eigenvalue weighted by atomic mass is 11.5. The Balaban J connectivity index is 4.47. The van der Waals surface area contributed by atoms with Gasteiger partial charge in [-0.05, 0) is 0 Å². The van der Waals surface area contributed by atoms with Crippen molar-refractivity contribution in [2.45, 2.75) is 6.61 Å². The number of halogens is 2. The molecule has 0 rings (SSSR count). The monoisotopic (exact) mass is 228 g/mol. The molecule has 0 amide bonds. The first-order valence-electron chi connectivity index (χ1n) is 2.02. The molecule has 0 heterocycles. The zero-order valence-electron chi connectivity index (χ0n) is 5.05. The highest BCUT2D eigenvalue weighted by Crippen LogP contribution is 2.06. The minimum Gasteiger partial charge on any atom is -0.263 e. The second-order valence-electron chi connectivity index (χ2n) is 1.26. The van der Waals surface area contributed by atoms with Gasteiger partial charge in [-0.15, -0.1) is 3.63 Å². The lowest BCUT2D eigenvalue weighted by molar-refractivity contribution is -0.0505. The summed E-state index contributed by atoms with van der Waals surface area (Å²) in [5.41, 5.74) is 0. The summed E-state index contributed by atoms with van der Waals surface area (Å²) in [6.07, 6.45) is 0. The summed E-state index contributed by atoms with van der Waals surface area (Å²) in [6.45, 7) is -3.77. The SMILES string of the molecule is O=S(=O)(O)OS(=O)(=O)OC(F)F. The fraction of sp³-hybridized carbons (Fsp3) is 1.00. The van der Waals surface area contributed by atoms with Crippen molar-refractivity contribution in [3.8, 4) is 0 Å². The molecule has 7 nitrogen and oxygen atoms in total. The summed E-state index contributed by atoms with van der Waals surface area (Å²) in [5.74, 6) is 0. The first-order valence-corrected chi connectivity index (χ1v) is 4.72. The lowest BCUT2D eigenvalue weighted by Gasteiger charge is -2.00. The Hall–Kier alpha value is -0.360. The minimum absolute atomic E-state index is 2.69. The Kier molecular flexibility index (Phi) is 3.46. The van der Waals surface area contributed by atoms with Crippen LogP contribution in [0.5, 0.6) is 0 Å². The highest BCUT2D eigenvalue weighted by Gasteiger charge is 2.25. The van der Waals surface area contributed by atoms with Crippen molar-refractivity contribution < 1.29 is 38.0 Å². The quantitative estimate of drug-likeness (QED) is 0.633. The van der Waals surface area contributed by atoms with Gasteiger partial charge in [-0.2, -0.15) is 29.8 Å². The van der Waals surface area contributed by atoms with Crippen molar-refractivity contribution in [1.82, 2.24) is 0 Å². The fourth-order valence-corrected chi connectivity index (χ4v) is 1.36. The van der Waals surface area contributed by atoms with E-state index < -0.39 is 27.4 Å². The van der Waals surface area contributed by atoms with Crippen LogP contribution in [0.1, 0.15) is 0 Å². The molecule has 0 aromatic carbocycles. The summed E-state index contributed by atoms with van der Waals surface area (Å²) in [7, 11) is -10.8. The summed E-state index contributed by atoms with van der Waals surface area (Å²) in [5, 5.41) is 0. The third kappa shape index (κ3) is 6.36. The molecule has 0 atom stereocenters. The standard InChI is InChI=1S/CH2F2O7S2/c2-1(3)9-12(7,8)10-11(4,5)6/h1H,(H,4,5,6). The third-order valence-electron chi connectivity index (χ3n) is 0.360. The predicted molar refractivity (Wildman–Crippen MR) is 28.6 cm³/mol. The van der Waals surface area contributed by atoms with E-state index in [9.17, 15) is 25.6 Å². The average Bonchev–Trinajstić information content (AvgIpc) is 1.48. The van der Waals surface area contributed by atoms with Crippen molar-refractivity contribution in [2.24, 2.45) is 0 Å². The normalized spacial score (nSPS) is 13.7. The van der Waals surface area contributed by atoms with Gasteiger partial charge in [0.25, 0.3) is 0 Å². The lowest BCUT2D eigenvalue weighted by Crippen LogP contribution is -2.17. The van der Waals surface area contributed by atoms with E-state index in [0.717, 1.165) is 0 Å². The molecule has 0 radical (unpaired) electrons. The minimum atomic E-state index is -5.43. The maximum absolute atomic E-state index is 11.1. The van der Waals surface area contributed by atoms with Crippen LogP contribution in [0.4, 0.5) is 8.78 Å². The van der Waals surface area contributed by atoms with E-state index in [0.29, 0.717) is 0 Å². The van der Waals surface area contributed by atoms with Crippen LogP contribution in [0, 0.1) is 0 Å². The Morgan fingerprint density at radius 3 is 1.83 bits per heavy atom. The van der Waals surface area contributed by atoms with E-state index in [1.165, 1.54) is 0 Å². The van der Waals surface area contributed by atoms with Gasteiger partial charge in [0.2, 0.25) is 0 Å². The summed E-state index contributed by atoms with van der Waals surface area (Å²) < 4.78 is 74.7. The second-order valence-corrected chi connectivity index (χ2v) is 3.67. The number of hydrogen-bond donors (Lipinski definition) is 1. The smallest absolute Gasteiger partial charge is 0.263 e. The molecule has 1 N–H and O–H groups in total. The second kappa shape index (κ2) is 3.57. The van der Waals surface area contributed by atoms with Crippen molar-refractivity contribution in [3.63, 3.8) is 0 Å². The zero-order valence-corrected chi connectivity index (χ0v) is 6.68. The maximum Gasteiger partial charge on any atom is 0.421 e. The predicted octanol–water partition coefficient (Wildman–Crippen LogP) is -0.710. The average molecular weight is 228 g/mol. The first kappa shape index (κ1) is 11.6. The molecule has 11 heteroatoms. The Morgan fingerprint density at radius 2 is 1.58 bits per heavy atom. The first-order chi connectivity index (χ1) is 5.12. The molecule has 0 fully saturated rings. The van der Waals surface area contributed by atoms with E-state index in [2.05, 4.69) is 7.81 Å². The summed E-state index contributed by atoms with van der Waals surface area (Å²) >= 11 is 0. The molecule has 0 aliphatic heterocycles. The van der Waals surface area contributed by atoms with Gasteiger partial charge in [0.1, 0.15) is 0 Å². The highest BCUT2D eigenvalue weighted by atomic mass is 32.3. The van der Waals surface area contributed by atoms with Crippen LogP contribution in [-0.2, 0) is 28.6 Å². The van der Waals surface area contributed by atoms with E-state index >= 15 is 0 Å². The van der Waals surface area contributed by atoms with Gasteiger partial charge < -0.3 is 0 Å². The van der Waals surface area contributed by atoms with Crippen LogP contribution in [0.3, 0.4) is 0 Å². The number of alkyl halides is 2. The van der Waals surface area contributed by atoms with Crippen LogP contribution >= 0.6 is 0 Å². The van der Waals surface area contributed by atoms with Crippen LogP contribution < -0.4 is 0 Å². The molecule has 0 unspecified atom stereocenters. The Morgan fingerprint density at radius 1 is 1.17 bits per heavy atom. The maximum atomic E-state index is 11.1. The van der Waals surface area contributed by atoms with Gasteiger partial charge in [0.15, 0.2) is 0 Å². The molecular weight excluding hydrogens is 226 g/mol. The zero-order chi connectivity index (χ0) is 9.99. The largest absolute Gasteiger partial charge is 0.421 e. The van der Waals surface area contributed by atoms with Crippen molar-refractivity contribution >= 4 is 20.8 Å². The van der Waals surface area contributed by atoms with E-state index in [4.69, 9.17) is 4.55 Å². The molecule has 0 aliphatic carbocycles. The molecule has 12 heavy (non-hydrogen) atoms. The molecule has 74 valence electrons. The molecule has 0 aromatic heterocycles. The van der Waals surface area contributed by atoms with Gasteiger partial charge in [-0.1, -0.05) is 0 Å². The van der Waals surface area contributed by atoms with Crippen molar-refractivity contribution in [3.05, 3.63) is 0 Å². The van der Waals surface area contributed by atoms with Gasteiger partial charge in [-0.25, -0.2) is 0 Å². The van der Waals surface area contributed by atoms with Crippen LogP contribution in [-0.4, -0.2) is 28.0 Å². The van der Waals surface area contributed by atoms with E-state index in [-0.39, 0.29) is 0 Å². The fourth-order valence-electron chi connectivity index (χ4n) is 0.210. The van der Waals surface area contributed by atoms with Crippen LogP contribution in [0.15, 0.2) is 0 Å². The topological polar surface area (TPSA) is 107 Å². The highest BCUT2D eigenvalue weighted by molar-refractivity contribution is 7.94. The van der Waals surface area contributed by atoms with E-state index in [1.54, 1.807) is 0 Å². The van der Waals surface area contributed by atoms with Crippen LogP contribution in [0.25, 0.3) is 0 Å². The number of hydrogen-bond acceptors (Lipinski definition) is 6. The van der Waals surface area contributed by atoms with Gasteiger partial charge in [-0.3, -0.25) is 4.55 Å². The molecule has 0 aliphatic rings.